The highest BCUT2D eigenvalue weighted by molar-refractivity contribution is 14.1. The molecule has 0 spiro atoms. The van der Waals surface area contributed by atoms with Crippen LogP contribution in [0.15, 0.2) is 12.1 Å². The van der Waals surface area contributed by atoms with Gasteiger partial charge in [0, 0.05) is 21.7 Å². The average Bonchev–Trinajstić information content (AvgIpc) is 2.53. The Bertz CT molecular complexity index is 607. The first-order valence-electron chi connectivity index (χ1n) is 7.63. The molecule has 3 N–H and O–H groups in total. The van der Waals surface area contributed by atoms with E-state index in [1.165, 1.54) is 29.5 Å². The Morgan fingerprint density at radius 2 is 1.72 bits per heavy atom. The van der Waals surface area contributed by atoms with Gasteiger partial charge >= 0.3 is 11.9 Å². The largest absolute Gasteiger partial charge is 0.507 e. The summed E-state index contributed by atoms with van der Waals surface area (Å²) in [5.41, 5.74) is 1.04. The number of hydrogen-bond acceptors (Lipinski definition) is 5. The fraction of sp³-hybridized carbons (Fsp3) is 0.500. The summed E-state index contributed by atoms with van der Waals surface area (Å²) >= 11 is 4.51. The van der Waals surface area contributed by atoms with E-state index in [4.69, 9.17) is 19.8 Å². The lowest BCUT2D eigenvalue weighted by molar-refractivity contribution is -0.159. The second-order valence-electron chi connectivity index (χ2n) is 5.96. The van der Waals surface area contributed by atoms with Crippen LogP contribution in [-0.4, -0.2) is 70.3 Å². The highest BCUT2D eigenvalue weighted by Crippen LogP contribution is 2.29. The molecule has 25 heavy (non-hydrogen) atoms. The Morgan fingerprint density at radius 1 is 1.20 bits per heavy atom. The number of carbonyl (C=O) groups is 2. The molecule has 1 heterocycles. The summed E-state index contributed by atoms with van der Waals surface area (Å²) in [5.74, 6) is -3.20. The second kappa shape index (κ2) is 10.5. The summed E-state index contributed by atoms with van der Waals surface area (Å²) in [7, 11) is 4.35. The fourth-order valence-corrected chi connectivity index (χ4v) is 4.54. The normalized spacial score (nSPS) is 15.6. The molecule has 1 aliphatic rings. The van der Waals surface area contributed by atoms with Gasteiger partial charge in [-0.15, -0.1) is 0 Å². The second-order valence-corrected chi connectivity index (χ2v) is 8.36. The van der Waals surface area contributed by atoms with Gasteiger partial charge in [0.05, 0.1) is 3.57 Å². The van der Waals surface area contributed by atoms with Crippen LogP contribution in [0.2, 0.25) is 0 Å². The molecule has 0 unspecified atom stereocenters. The quantitative estimate of drug-likeness (QED) is 0.375. The number of benzene rings is 1. The van der Waals surface area contributed by atoms with E-state index in [0.717, 1.165) is 15.7 Å². The molecule has 1 aromatic rings. The van der Waals surface area contributed by atoms with Crippen molar-refractivity contribution in [1.29, 1.82) is 0 Å². The minimum Gasteiger partial charge on any atom is -0.507 e. The molecule has 0 bridgehead atoms. The standard InChI is InChI=1S/C14H20I2N2O.C2H2O4/c1-17-5-3-12(4-6-17)18(2)9-10-7-11(15)8-13(16)14(10)19;3-1(4)2(5)6/h7-8,12,19H,3-6,9H2,1-2H3;(H,3,4)(H,5,6). The number of aromatic hydroxyl groups is 1. The predicted octanol–water partition coefficient (Wildman–Crippen LogP) is 2.28. The number of phenols is 1. The number of halogens is 2. The monoisotopic (exact) mass is 576 g/mol. The highest BCUT2D eigenvalue weighted by Gasteiger charge is 2.21. The average molecular weight is 576 g/mol. The molecule has 0 atom stereocenters. The maximum atomic E-state index is 10.2. The molecule has 9 heteroatoms. The van der Waals surface area contributed by atoms with Crippen LogP contribution in [0.25, 0.3) is 0 Å². The number of carboxylic acids is 2. The Kier molecular flexibility index (Phi) is 9.38. The van der Waals surface area contributed by atoms with Gasteiger partial charge in [-0.1, -0.05) is 0 Å². The summed E-state index contributed by atoms with van der Waals surface area (Å²) in [6.07, 6.45) is 2.43. The molecule has 0 aromatic heterocycles. The molecule has 140 valence electrons. The van der Waals surface area contributed by atoms with Gasteiger partial charge in [0.15, 0.2) is 0 Å². The summed E-state index contributed by atoms with van der Waals surface area (Å²) in [4.78, 5) is 23.0. The van der Waals surface area contributed by atoms with Gasteiger partial charge in [-0.2, -0.15) is 0 Å². The third kappa shape index (κ3) is 7.62. The van der Waals surface area contributed by atoms with E-state index >= 15 is 0 Å². The molecule has 7 nitrogen and oxygen atoms in total. The molecule has 1 aromatic carbocycles. The van der Waals surface area contributed by atoms with Crippen molar-refractivity contribution in [2.24, 2.45) is 0 Å². The van der Waals surface area contributed by atoms with Crippen LogP contribution in [0, 0.1) is 7.14 Å². The number of rotatable bonds is 3. The third-order valence-electron chi connectivity index (χ3n) is 4.02. The highest BCUT2D eigenvalue weighted by atomic mass is 127. The first-order chi connectivity index (χ1) is 11.6. The Hall–Kier alpha value is -0.660. The molecule has 2 rings (SSSR count). The Balaban J connectivity index is 0.000000450. The maximum absolute atomic E-state index is 10.2. The Morgan fingerprint density at radius 3 is 2.20 bits per heavy atom. The minimum absolute atomic E-state index is 0.445. The van der Waals surface area contributed by atoms with Gasteiger partial charge in [-0.05, 0) is 97.3 Å². The molecule has 1 aliphatic heterocycles. The van der Waals surface area contributed by atoms with Crippen molar-refractivity contribution in [2.75, 3.05) is 27.2 Å². The van der Waals surface area contributed by atoms with E-state index in [-0.39, 0.29) is 0 Å². The minimum atomic E-state index is -1.82. The van der Waals surface area contributed by atoms with E-state index in [0.29, 0.717) is 11.8 Å². The fourth-order valence-electron chi connectivity index (χ4n) is 2.57. The molecule has 0 aliphatic carbocycles. The molecule has 0 amide bonds. The lowest BCUT2D eigenvalue weighted by atomic mass is 10.0. The van der Waals surface area contributed by atoms with Crippen molar-refractivity contribution < 1.29 is 24.9 Å². The summed E-state index contributed by atoms with van der Waals surface area (Å²) in [5, 5.41) is 24.9. The number of hydrogen-bond donors (Lipinski definition) is 3. The molecule has 0 radical (unpaired) electrons. The summed E-state index contributed by atoms with van der Waals surface area (Å²) in [6, 6.07) is 4.73. The number of piperidine rings is 1. The van der Waals surface area contributed by atoms with Crippen molar-refractivity contribution in [2.45, 2.75) is 25.4 Å². The van der Waals surface area contributed by atoms with E-state index < -0.39 is 11.9 Å². The zero-order valence-corrected chi connectivity index (χ0v) is 18.4. The summed E-state index contributed by atoms with van der Waals surface area (Å²) < 4.78 is 2.13. The lowest BCUT2D eigenvalue weighted by Gasteiger charge is -2.35. The zero-order valence-electron chi connectivity index (χ0n) is 14.1. The molecular weight excluding hydrogens is 554 g/mol. The van der Waals surface area contributed by atoms with E-state index in [9.17, 15) is 5.11 Å². The van der Waals surface area contributed by atoms with Crippen LogP contribution < -0.4 is 0 Å². The SMILES string of the molecule is CN1CCC(N(C)Cc2cc(I)cc(I)c2O)CC1.O=C(O)C(=O)O. The van der Waals surface area contributed by atoms with E-state index in [2.05, 4.69) is 75.1 Å². The van der Waals surface area contributed by atoms with Gasteiger partial charge in [0.1, 0.15) is 5.75 Å². The van der Waals surface area contributed by atoms with Gasteiger partial charge in [-0.25, -0.2) is 9.59 Å². The van der Waals surface area contributed by atoms with Crippen LogP contribution in [0.5, 0.6) is 5.75 Å². The zero-order chi connectivity index (χ0) is 19.1. The van der Waals surface area contributed by atoms with Crippen LogP contribution in [0.4, 0.5) is 0 Å². The van der Waals surface area contributed by atoms with Crippen molar-refractivity contribution in [3.8, 4) is 5.75 Å². The van der Waals surface area contributed by atoms with Gasteiger partial charge in [0.2, 0.25) is 0 Å². The first-order valence-corrected chi connectivity index (χ1v) is 9.79. The molecular formula is C16H22I2N2O5. The van der Waals surface area contributed by atoms with Gasteiger partial charge in [0.25, 0.3) is 0 Å². The van der Waals surface area contributed by atoms with E-state index in [1.807, 2.05) is 6.07 Å². The predicted molar refractivity (Wildman–Crippen MR) is 111 cm³/mol. The van der Waals surface area contributed by atoms with Crippen LogP contribution >= 0.6 is 45.2 Å². The molecule has 1 fully saturated rings. The van der Waals surface area contributed by atoms with Crippen molar-refractivity contribution in [3.05, 3.63) is 24.8 Å². The van der Waals surface area contributed by atoms with Crippen LogP contribution in [0.3, 0.4) is 0 Å². The number of likely N-dealkylation sites (tertiary alicyclic amines) is 1. The van der Waals surface area contributed by atoms with Crippen LogP contribution in [-0.2, 0) is 16.1 Å². The molecule has 0 saturated carbocycles. The smallest absolute Gasteiger partial charge is 0.414 e. The number of aliphatic carboxylic acids is 2. The van der Waals surface area contributed by atoms with E-state index in [1.54, 1.807) is 0 Å². The molecule has 1 saturated heterocycles. The van der Waals surface area contributed by atoms with Crippen molar-refractivity contribution in [3.63, 3.8) is 0 Å². The number of carboxylic acid groups (broad SMARTS) is 2. The third-order valence-corrected chi connectivity index (χ3v) is 5.47. The van der Waals surface area contributed by atoms with Gasteiger partial charge in [-0.3, -0.25) is 4.90 Å². The van der Waals surface area contributed by atoms with Crippen molar-refractivity contribution >= 4 is 57.1 Å². The number of phenolic OH excluding ortho intramolecular Hbond substituents is 1. The topological polar surface area (TPSA) is 101 Å². The first kappa shape index (κ1) is 22.4. The summed E-state index contributed by atoms with van der Waals surface area (Å²) in [6.45, 7) is 3.17. The maximum Gasteiger partial charge on any atom is 0.414 e. The lowest BCUT2D eigenvalue weighted by Crippen LogP contribution is -2.41. The van der Waals surface area contributed by atoms with Crippen molar-refractivity contribution in [1.82, 2.24) is 9.80 Å². The Labute approximate surface area is 174 Å². The number of nitrogens with zero attached hydrogens (tertiary/aromatic N) is 2. The van der Waals surface area contributed by atoms with Gasteiger partial charge < -0.3 is 20.2 Å². The van der Waals surface area contributed by atoms with Crippen LogP contribution in [0.1, 0.15) is 18.4 Å².